The molecule has 0 saturated carbocycles. The second-order valence-corrected chi connectivity index (χ2v) is 9.68. The molecule has 0 saturated heterocycles. The maximum Gasteiger partial charge on any atom is 0.418 e. The number of hydrogen-bond acceptors (Lipinski definition) is 8. The van der Waals surface area contributed by atoms with Gasteiger partial charge in [0.15, 0.2) is 11.6 Å². The van der Waals surface area contributed by atoms with Gasteiger partial charge in [-0.1, -0.05) is 36.4 Å². The molecule has 0 unspecified atom stereocenters. The van der Waals surface area contributed by atoms with Crippen molar-refractivity contribution in [2.45, 2.75) is 6.54 Å². The van der Waals surface area contributed by atoms with Crippen LogP contribution in [0.4, 0.5) is 10.6 Å². The first-order valence-electron chi connectivity index (χ1n) is 11.4. The number of carbonyl (C=O) groups is 1. The van der Waals surface area contributed by atoms with E-state index in [0.717, 1.165) is 27.7 Å². The predicted octanol–water partition coefficient (Wildman–Crippen LogP) is 4.03. The van der Waals surface area contributed by atoms with Crippen LogP contribution in [0.15, 0.2) is 90.9 Å². The number of carboxylic acid groups (broad SMARTS) is 1. The molecule has 0 atom stereocenters. The summed E-state index contributed by atoms with van der Waals surface area (Å²) in [4.78, 5) is 24.0. The summed E-state index contributed by atoms with van der Waals surface area (Å²) in [5.41, 5.74) is 4.54. The Bertz CT molecular complexity index is 1740. The van der Waals surface area contributed by atoms with E-state index in [4.69, 9.17) is 10.1 Å². The third-order valence-electron chi connectivity index (χ3n) is 5.45. The standard InChI is InChI=1S/C26H21N7O4S/c34-26(35)32-38(36,37)13-10-18-14-20(16-27-15-18)24-30-25(29-17-21-8-4-5-11-28-21)23-22(9-12-33(23)31-24)19-6-2-1-3-7-19/h1-16,32H,17H2,(H,34,35)(H,29,30,31)/b13-10+. The molecule has 0 radical (unpaired) electrons. The van der Waals surface area contributed by atoms with Crippen LogP contribution in [0.2, 0.25) is 0 Å². The van der Waals surface area contributed by atoms with Crippen molar-refractivity contribution in [2.75, 3.05) is 5.32 Å². The summed E-state index contributed by atoms with van der Waals surface area (Å²) in [6, 6.07) is 19.2. The van der Waals surface area contributed by atoms with E-state index in [1.165, 1.54) is 17.0 Å². The summed E-state index contributed by atoms with van der Waals surface area (Å²) in [7, 11) is -4.16. The van der Waals surface area contributed by atoms with E-state index < -0.39 is 16.1 Å². The molecule has 1 aromatic carbocycles. The normalized spacial score (nSPS) is 11.6. The summed E-state index contributed by atoms with van der Waals surface area (Å²) in [6.45, 7) is 0.432. The smallest absolute Gasteiger partial charge is 0.418 e. The number of anilines is 1. The van der Waals surface area contributed by atoms with E-state index in [9.17, 15) is 13.2 Å². The molecule has 12 heteroatoms. The highest BCUT2D eigenvalue weighted by atomic mass is 32.2. The fourth-order valence-corrected chi connectivity index (χ4v) is 4.44. The Morgan fingerprint density at radius 1 is 1.03 bits per heavy atom. The molecule has 0 aliphatic rings. The Kier molecular flexibility index (Phi) is 6.78. The van der Waals surface area contributed by atoms with Crippen molar-refractivity contribution in [3.05, 3.63) is 102 Å². The van der Waals surface area contributed by atoms with Crippen LogP contribution in [0.5, 0.6) is 0 Å². The molecule has 38 heavy (non-hydrogen) atoms. The lowest BCUT2D eigenvalue weighted by atomic mass is 10.1. The van der Waals surface area contributed by atoms with Gasteiger partial charge in [0.1, 0.15) is 5.52 Å². The lowest BCUT2D eigenvalue weighted by Crippen LogP contribution is -2.26. The minimum atomic E-state index is -4.16. The van der Waals surface area contributed by atoms with Crippen LogP contribution in [-0.2, 0) is 16.6 Å². The number of sulfonamides is 1. The third kappa shape index (κ3) is 5.65. The molecule has 0 fully saturated rings. The van der Waals surface area contributed by atoms with Gasteiger partial charge in [-0.2, -0.15) is 0 Å². The van der Waals surface area contributed by atoms with Crippen LogP contribution in [0.25, 0.3) is 34.1 Å². The topological polar surface area (TPSA) is 151 Å². The van der Waals surface area contributed by atoms with Gasteiger partial charge in [0, 0.05) is 35.9 Å². The number of aromatic nitrogens is 5. The van der Waals surface area contributed by atoms with Crippen LogP contribution < -0.4 is 10.0 Å². The first kappa shape index (κ1) is 24.6. The first-order valence-corrected chi connectivity index (χ1v) is 12.9. The van der Waals surface area contributed by atoms with Crippen molar-refractivity contribution >= 4 is 33.5 Å². The van der Waals surface area contributed by atoms with Crippen molar-refractivity contribution < 1.29 is 18.3 Å². The molecule has 5 aromatic rings. The monoisotopic (exact) mass is 527 g/mol. The second kappa shape index (κ2) is 10.5. The highest BCUT2D eigenvalue weighted by Crippen LogP contribution is 2.31. The number of benzene rings is 1. The molecule has 4 aromatic heterocycles. The van der Waals surface area contributed by atoms with Crippen LogP contribution in [0.3, 0.4) is 0 Å². The molecule has 4 heterocycles. The average Bonchev–Trinajstić information content (AvgIpc) is 3.36. The fraction of sp³-hybridized carbons (Fsp3) is 0.0385. The maximum atomic E-state index is 11.8. The second-order valence-electron chi connectivity index (χ2n) is 8.11. The molecule has 0 aliphatic carbocycles. The lowest BCUT2D eigenvalue weighted by molar-refractivity contribution is 0.201. The molecule has 0 aliphatic heterocycles. The van der Waals surface area contributed by atoms with Gasteiger partial charge in [0.25, 0.3) is 10.0 Å². The molecule has 11 nitrogen and oxygen atoms in total. The zero-order valence-electron chi connectivity index (χ0n) is 19.8. The Hall–Kier alpha value is -5.10. The number of nitrogens with zero attached hydrogens (tertiary/aromatic N) is 5. The van der Waals surface area contributed by atoms with Crippen LogP contribution in [0.1, 0.15) is 11.3 Å². The van der Waals surface area contributed by atoms with Gasteiger partial charge in [-0.3, -0.25) is 9.97 Å². The molecule has 1 amide bonds. The van der Waals surface area contributed by atoms with Gasteiger partial charge < -0.3 is 10.4 Å². The molecule has 0 spiro atoms. The van der Waals surface area contributed by atoms with Gasteiger partial charge >= 0.3 is 6.09 Å². The number of pyridine rings is 2. The predicted molar refractivity (Wildman–Crippen MR) is 142 cm³/mol. The van der Waals surface area contributed by atoms with Crippen LogP contribution in [-0.4, -0.2) is 44.2 Å². The zero-order chi connectivity index (χ0) is 26.5. The summed E-state index contributed by atoms with van der Waals surface area (Å²) < 4.78 is 26.8. The van der Waals surface area contributed by atoms with Crippen LogP contribution >= 0.6 is 0 Å². The third-order valence-corrected chi connectivity index (χ3v) is 6.40. The van der Waals surface area contributed by atoms with E-state index in [-0.39, 0.29) is 0 Å². The summed E-state index contributed by atoms with van der Waals surface area (Å²) >= 11 is 0. The SMILES string of the molecule is O=C(O)NS(=O)(=O)/C=C/c1cncc(-c2nc(NCc3ccccn3)c3c(-c4ccccc4)ccn3n2)c1. The molecule has 190 valence electrons. The van der Waals surface area contributed by atoms with Crippen LogP contribution in [0, 0.1) is 0 Å². The molecule has 5 rings (SSSR count). The molecular weight excluding hydrogens is 506 g/mol. The molecule has 0 bridgehead atoms. The highest BCUT2D eigenvalue weighted by molar-refractivity contribution is 7.93. The van der Waals surface area contributed by atoms with Crippen molar-refractivity contribution in [1.82, 2.24) is 29.3 Å². The van der Waals surface area contributed by atoms with E-state index >= 15 is 0 Å². The lowest BCUT2D eigenvalue weighted by Gasteiger charge is -2.12. The van der Waals surface area contributed by atoms with E-state index in [0.29, 0.717) is 29.3 Å². The van der Waals surface area contributed by atoms with Gasteiger partial charge in [-0.15, -0.1) is 5.10 Å². The van der Waals surface area contributed by atoms with Gasteiger partial charge in [0.2, 0.25) is 0 Å². The quantitative estimate of drug-likeness (QED) is 0.271. The number of fused-ring (bicyclic) bond motifs is 1. The number of nitrogens with one attached hydrogen (secondary N) is 2. The van der Waals surface area contributed by atoms with E-state index in [1.54, 1.807) is 23.0 Å². The summed E-state index contributed by atoms with van der Waals surface area (Å²) in [6.07, 6.45) is 6.14. The Balaban J connectivity index is 1.55. The maximum absolute atomic E-state index is 11.8. The fourth-order valence-electron chi connectivity index (χ4n) is 3.79. The Morgan fingerprint density at radius 2 is 1.84 bits per heavy atom. The number of rotatable bonds is 8. The van der Waals surface area contributed by atoms with Crippen molar-refractivity contribution in [3.8, 4) is 22.5 Å². The Morgan fingerprint density at radius 3 is 2.61 bits per heavy atom. The van der Waals surface area contributed by atoms with Gasteiger partial charge in [0.05, 0.1) is 17.6 Å². The average molecular weight is 528 g/mol. The van der Waals surface area contributed by atoms with Gasteiger partial charge in [-0.25, -0.2) is 27.4 Å². The summed E-state index contributed by atoms with van der Waals surface area (Å²) in [5, 5.41) is 17.5. The number of hydrogen-bond donors (Lipinski definition) is 3. The minimum Gasteiger partial charge on any atom is -0.464 e. The minimum absolute atomic E-state index is 0.352. The molecular formula is C26H21N7O4S. The van der Waals surface area contributed by atoms with Crippen molar-refractivity contribution in [2.24, 2.45) is 0 Å². The van der Waals surface area contributed by atoms with Crippen molar-refractivity contribution in [3.63, 3.8) is 0 Å². The zero-order valence-corrected chi connectivity index (χ0v) is 20.6. The Labute approximate surface area is 217 Å². The first-order chi connectivity index (χ1) is 18.4. The van der Waals surface area contributed by atoms with E-state index in [2.05, 4.69) is 20.4 Å². The van der Waals surface area contributed by atoms with E-state index in [1.807, 2.05) is 60.8 Å². The number of amides is 1. The molecule has 3 N–H and O–H groups in total. The largest absolute Gasteiger partial charge is 0.464 e. The van der Waals surface area contributed by atoms with Crippen molar-refractivity contribution in [1.29, 1.82) is 0 Å². The summed E-state index contributed by atoms with van der Waals surface area (Å²) in [5.74, 6) is 0.934. The highest BCUT2D eigenvalue weighted by Gasteiger charge is 2.16. The van der Waals surface area contributed by atoms with Gasteiger partial charge in [-0.05, 0) is 41.5 Å².